The first kappa shape index (κ1) is 16.0. The van der Waals surface area contributed by atoms with Gasteiger partial charge in [0.05, 0.1) is 11.4 Å². The van der Waals surface area contributed by atoms with Crippen molar-refractivity contribution in [1.82, 2.24) is 14.5 Å². The Morgan fingerprint density at radius 1 is 1.24 bits per heavy atom. The van der Waals surface area contributed by atoms with Gasteiger partial charge in [-0.1, -0.05) is 12.8 Å². The van der Waals surface area contributed by atoms with Gasteiger partial charge in [0.1, 0.15) is 0 Å². The summed E-state index contributed by atoms with van der Waals surface area (Å²) in [4.78, 5) is 33.1. The van der Waals surface area contributed by atoms with Crippen molar-refractivity contribution in [2.45, 2.75) is 44.9 Å². The van der Waals surface area contributed by atoms with E-state index < -0.39 is 0 Å². The van der Waals surface area contributed by atoms with Crippen molar-refractivity contribution in [1.29, 1.82) is 0 Å². The Balaban J connectivity index is 1.61. The van der Waals surface area contributed by atoms with Crippen molar-refractivity contribution in [3.63, 3.8) is 0 Å². The first-order valence-electron chi connectivity index (χ1n) is 8.99. The van der Waals surface area contributed by atoms with Crippen molar-refractivity contribution >= 4 is 17.6 Å². The van der Waals surface area contributed by atoms with E-state index in [4.69, 9.17) is 0 Å². The van der Waals surface area contributed by atoms with Gasteiger partial charge in [-0.2, -0.15) is 0 Å². The third-order valence-corrected chi connectivity index (χ3v) is 5.35. The summed E-state index contributed by atoms with van der Waals surface area (Å²) in [5.41, 5.74) is 3.49. The molecule has 130 valence electrons. The first-order chi connectivity index (χ1) is 12.1. The second-order valence-electron chi connectivity index (χ2n) is 6.96. The Kier molecular flexibility index (Phi) is 4.11. The molecule has 1 fully saturated rings. The smallest absolute Gasteiger partial charge is 0.229 e. The molecule has 0 aliphatic heterocycles. The molecule has 0 aromatic carbocycles. The van der Waals surface area contributed by atoms with Crippen LogP contribution < -0.4 is 5.32 Å². The van der Waals surface area contributed by atoms with Gasteiger partial charge in [0.25, 0.3) is 0 Å². The number of anilines is 1. The highest BCUT2D eigenvalue weighted by Crippen LogP contribution is 2.30. The number of fused-ring (bicyclic) bond motifs is 1. The zero-order valence-electron chi connectivity index (χ0n) is 14.4. The number of hydrogen-bond acceptors (Lipinski definition) is 4. The summed E-state index contributed by atoms with van der Waals surface area (Å²) in [6.07, 6.45) is 8.19. The molecule has 0 atom stereocenters. The van der Waals surface area contributed by atoms with Gasteiger partial charge in [0, 0.05) is 36.8 Å². The highest BCUT2D eigenvalue weighted by atomic mass is 16.2. The van der Waals surface area contributed by atoms with Crippen LogP contribution in [0.3, 0.4) is 0 Å². The molecule has 2 aliphatic rings. The zero-order valence-corrected chi connectivity index (χ0v) is 14.4. The maximum Gasteiger partial charge on any atom is 0.229 e. The van der Waals surface area contributed by atoms with Crippen LogP contribution in [0.15, 0.2) is 18.3 Å². The molecule has 0 bridgehead atoms. The van der Waals surface area contributed by atoms with Crippen LogP contribution in [-0.2, 0) is 18.3 Å². The summed E-state index contributed by atoms with van der Waals surface area (Å²) in [6, 6.07) is 3.73. The highest BCUT2D eigenvalue weighted by Gasteiger charge is 2.25. The van der Waals surface area contributed by atoms with Crippen LogP contribution in [0, 0.1) is 5.92 Å². The van der Waals surface area contributed by atoms with Crippen LogP contribution in [0.2, 0.25) is 0 Å². The lowest BCUT2D eigenvalue weighted by Gasteiger charge is -2.13. The second kappa shape index (κ2) is 6.43. The van der Waals surface area contributed by atoms with Crippen molar-refractivity contribution < 1.29 is 9.59 Å². The van der Waals surface area contributed by atoms with Gasteiger partial charge in [-0.15, -0.1) is 0 Å². The predicted molar refractivity (Wildman–Crippen MR) is 94.3 cm³/mol. The molecule has 2 aromatic rings. The minimum Gasteiger partial charge on any atom is -0.346 e. The summed E-state index contributed by atoms with van der Waals surface area (Å²) in [5.74, 6) is 0.620. The molecule has 0 unspecified atom stereocenters. The van der Waals surface area contributed by atoms with Crippen LogP contribution in [0.4, 0.5) is 5.95 Å². The molecule has 2 aromatic heterocycles. The molecule has 2 aliphatic carbocycles. The Bertz CT molecular complexity index is 834. The van der Waals surface area contributed by atoms with Gasteiger partial charge in [0.15, 0.2) is 5.78 Å². The molecular weight excluding hydrogens is 316 g/mol. The number of amides is 1. The topological polar surface area (TPSA) is 76.9 Å². The van der Waals surface area contributed by atoms with Crippen LogP contribution >= 0.6 is 0 Å². The van der Waals surface area contributed by atoms with Gasteiger partial charge in [0.2, 0.25) is 11.9 Å². The van der Waals surface area contributed by atoms with Crippen molar-refractivity contribution in [3.8, 4) is 11.4 Å². The average Bonchev–Trinajstić information content (AvgIpc) is 3.25. The third kappa shape index (κ3) is 2.97. The molecule has 6 heteroatoms. The van der Waals surface area contributed by atoms with Crippen molar-refractivity contribution in [2.24, 2.45) is 13.0 Å². The Morgan fingerprint density at radius 3 is 2.80 bits per heavy atom. The van der Waals surface area contributed by atoms with Crippen LogP contribution in [0.1, 0.15) is 54.6 Å². The molecule has 1 amide bonds. The minimum atomic E-state index is 0.0102. The molecule has 0 spiro atoms. The lowest BCUT2D eigenvalue weighted by atomic mass is 9.97. The summed E-state index contributed by atoms with van der Waals surface area (Å²) < 4.78 is 2.04. The van der Waals surface area contributed by atoms with Crippen molar-refractivity contribution in [2.75, 3.05) is 5.32 Å². The van der Waals surface area contributed by atoms with Crippen LogP contribution in [-0.4, -0.2) is 26.2 Å². The summed E-state index contributed by atoms with van der Waals surface area (Å²) in [7, 11) is 1.96. The molecule has 25 heavy (non-hydrogen) atoms. The summed E-state index contributed by atoms with van der Waals surface area (Å²) in [5, 5.41) is 2.85. The Labute approximate surface area is 146 Å². The molecule has 4 rings (SSSR count). The highest BCUT2D eigenvalue weighted by molar-refractivity contribution is 5.99. The molecule has 1 N–H and O–H groups in total. The Morgan fingerprint density at radius 2 is 2.04 bits per heavy atom. The van der Waals surface area contributed by atoms with Gasteiger partial charge in [-0.05, 0) is 37.8 Å². The monoisotopic (exact) mass is 338 g/mol. The molecule has 0 radical (unpaired) electrons. The van der Waals surface area contributed by atoms with Crippen molar-refractivity contribution in [3.05, 3.63) is 29.6 Å². The van der Waals surface area contributed by atoms with E-state index >= 15 is 0 Å². The standard InChI is InChI=1S/C19H22N4O2/c1-23-15-7-4-8-17(24)13(15)11-16(23)14-9-10-20-19(21-14)22-18(25)12-5-2-3-6-12/h9-12H,2-8H2,1H3,(H,20,21,22,25). The fourth-order valence-electron chi connectivity index (χ4n) is 3.95. The summed E-state index contributed by atoms with van der Waals surface area (Å²) >= 11 is 0. The molecular formula is C19H22N4O2. The first-order valence-corrected chi connectivity index (χ1v) is 8.99. The lowest BCUT2D eigenvalue weighted by molar-refractivity contribution is -0.119. The van der Waals surface area contributed by atoms with E-state index in [2.05, 4.69) is 15.3 Å². The van der Waals surface area contributed by atoms with E-state index in [0.29, 0.717) is 12.4 Å². The van der Waals surface area contributed by atoms with Crippen LogP contribution in [0.5, 0.6) is 0 Å². The molecule has 2 heterocycles. The second-order valence-corrected chi connectivity index (χ2v) is 6.96. The number of ketones is 1. The average molecular weight is 338 g/mol. The number of hydrogen-bond donors (Lipinski definition) is 1. The fraction of sp³-hybridized carbons (Fsp3) is 0.474. The quantitative estimate of drug-likeness (QED) is 0.933. The maximum atomic E-state index is 12.3. The Hall–Kier alpha value is -2.50. The number of Topliss-reactive ketones (excluding diaryl/α,β-unsaturated/α-hetero) is 1. The van der Waals surface area contributed by atoms with Gasteiger partial charge >= 0.3 is 0 Å². The van der Waals surface area contributed by atoms with E-state index in [0.717, 1.165) is 61.2 Å². The number of aromatic nitrogens is 3. The van der Waals surface area contributed by atoms with Gasteiger partial charge < -0.3 is 4.57 Å². The number of carbonyl (C=O) groups is 2. The predicted octanol–water partition coefficient (Wildman–Crippen LogP) is 3.13. The van der Waals surface area contributed by atoms with Gasteiger partial charge in [-0.3, -0.25) is 14.9 Å². The maximum absolute atomic E-state index is 12.3. The van der Waals surface area contributed by atoms with E-state index in [1.807, 2.05) is 23.7 Å². The normalized spacial score (nSPS) is 17.6. The molecule has 1 saturated carbocycles. The largest absolute Gasteiger partial charge is 0.346 e. The van der Waals surface area contributed by atoms with E-state index in [-0.39, 0.29) is 17.6 Å². The van der Waals surface area contributed by atoms with E-state index in [1.165, 1.54) is 0 Å². The zero-order chi connectivity index (χ0) is 17.4. The molecule has 6 nitrogen and oxygen atoms in total. The van der Waals surface area contributed by atoms with E-state index in [1.54, 1.807) is 6.20 Å². The number of nitrogens with one attached hydrogen (secondary N) is 1. The summed E-state index contributed by atoms with van der Waals surface area (Å²) in [6.45, 7) is 0. The minimum absolute atomic E-state index is 0.0102. The van der Waals surface area contributed by atoms with Gasteiger partial charge in [-0.25, -0.2) is 9.97 Å². The number of nitrogens with zero attached hydrogens (tertiary/aromatic N) is 3. The SMILES string of the molecule is Cn1c(-c2ccnc(NC(=O)C3CCCC3)n2)cc2c1CCCC2=O. The number of rotatable bonds is 3. The van der Waals surface area contributed by atoms with Crippen LogP contribution in [0.25, 0.3) is 11.4 Å². The third-order valence-electron chi connectivity index (χ3n) is 5.35. The van der Waals surface area contributed by atoms with E-state index in [9.17, 15) is 9.59 Å². The molecule has 0 saturated heterocycles. The fourth-order valence-corrected chi connectivity index (χ4v) is 3.95. The lowest BCUT2D eigenvalue weighted by Crippen LogP contribution is -2.21. The number of carbonyl (C=O) groups excluding carboxylic acids is 2.